The van der Waals surface area contributed by atoms with Crippen LogP contribution >= 0.6 is 11.6 Å². The molecule has 2 aliphatic carbocycles. The molecule has 3 aromatic rings. The van der Waals surface area contributed by atoms with E-state index in [-0.39, 0.29) is 33.0 Å². The van der Waals surface area contributed by atoms with Crippen molar-refractivity contribution in [1.82, 2.24) is 9.78 Å². The number of carbonyl (C=O) groups is 1. The molecule has 2 unspecified atom stereocenters. The van der Waals surface area contributed by atoms with Crippen molar-refractivity contribution in [3.63, 3.8) is 0 Å². The largest absolute Gasteiger partial charge is 0.322 e. The number of sulfone groups is 1. The molecule has 2 bridgehead atoms. The van der Waals surface area contributed by atoms with Crippen LogP contribution in [0.3, 0.4) is 0 Å². The fourth-order valence-corrected chi connectivity index (χ4v) is 8.64. The minimum atomic E-state index is -3.87. The minimum Gasteiger partial charge on any atom is -0.322 e. The molecule has 2 saturated carbocycles. The van der Waals surface area contributed by atoms with Crippen molar-refractivity contribution in [2.45, 2.75) is 42.4 Å². The van der Waals surface area contributed by atoms with Crippen LogP contribution in [0, 0.1) is 35.2 Å². The van der Waals surface area contributed by atoms with Gasteiger partial charge in [0.25, 0.3) is 5.91 Å². The van der Waals surface area contributed by atoms with Crippen LogP contribution < -0.4 is 5.32 Å². The quantitative estimate of drug-likeness (QED) is 0.422. The van der Waals surface area contributed by atoms with Crippen LogP contribution in [0.15, 0.2) is 53.7 Å². The third kappa shape index (κ3) is 4.64. The van der Waals surface area contributed by atoms with Crippen molar-refractivity contribution in [3.8, 4) is 0 Å². The highest BCUT2D eigenvalue weighted by molar-refractivity contribution is 7.92. The van der Waals surface area contributed by atoms with Crippen LogP contribution in [-0.2, 0) is 16.4 Å². The van der Waals surface area contributed by atoms with Gasteiger partial charge < -0.3 is 5.32 Å². The molecule has 2 aromatic carbocycles. The summed E-state index contributed by atoms with van der Waals surface area (Å²) in [5.74, 6) is -5.08. The predicted octanol–water partition coefficient (Wildman–Crippen LogP) is 5.48. The fourth-order valence-electron chi connectivity index (χ4n) is 5.77. The molecule has 1 amide bonds. The summed E-state index contributed by atoms with van der Waals surface area (Å²) < 4.78 is 69.7. The van der Waals surface area contributed by atoms with E-state index in [9.17, 15) is 26.4 Å². The summed E-state index contributed by atoms with van der Waals surface area (Å²) in [6.45, 7) is 0.744. The summed E-state index contributed by atoms with van der Waals surface area (Å²) in [4.78, 5) is 12.6. The van der Waals surface area contributed by atoms with E-state index in [1.165, 1.54) is 18.2 Å². The lowest BCUT2D eigenvalue weighted by molar-refractivity contribution is 0.102. The van der Waals surface area contributed by atoms with Gasteiger partial charge in [-0.05, 0) is 67.7 Å². The molecule has 0 spiro atoms. The summed E-state index contributed by atoms with van der Waals surface area (Å²) in [5.41, 5.74) is -0.355. The van der Waals surface area contributed by atoms with Crippen molar-refractivity contribution in [1.29, 1.82) is 0 Å². The highest BCUT2D eigenvalue weighted by atomic mass is 35.5. The van der Waals surface area contributed by atoms with Gasteiger partial charge in [0.05, 0.1) is 15.2 Å². The first kappa shape index (κ1) is 24.8. The fraction of sp³-hybridized carbons (Fsp3) is 0.360. The zero-order valence-electron chi connectivity index (χ0n) is 19.0. The standard InChI is InChI=1S/C25H23ClF3N3O3S/c26-19-5-4-17(25(33)31-18-11-20(27)23(29)21(28)12-18)10-22(19)36(34,35)24-15-2-3-16(24)9-14(8-15)13-32-7-1-6-30-32/h1,4-7,10-12,14-16,24H,2-3,8-9,13H2,(H,31,33). The van der Waals surface area contributed by atoms with E-state index in [4.69, 9.17) is 11.6 Å². The number of aromatic nitrogens is 2. The van der Waals surface area contributed by atoms with Gasteiger partial charge >= 0.3 is 0 Å². The lowest BCUT2D eigenvalue weighted by atomic mass is 9.80. The maximum Gasteiger partial charge on any atom is 0.255 e. The first-order chi connectivity index (χ1) is 17.1. The van der Waals surface area contributed by atoms with E-state index in [1.54, 1.807) is 6.20 Å². The zero-order valence-corrected chi connectivity index (χ0v) is 20.6. The monoisotopic (exact) mass is 537 g/mol. The molecule has 36 heavy (non-hydrogen) atoms. The maximum atomic E-state index is 13.8. The number of rotatable bonds is 6. The highest BCUT2D eigenvalue weighted by Crippen LogP contribution is 2.50. The molecule has 0 saturated heterocycles. The molecule has 2 fully saturated rings. The van der Waals surface area contributed by atoms with Gasteiger partial charge in [0.1, 0.15) is 0 Å². The van der Waals surface area contributed by atoms with E-state index in [0.717, 1.165) is 32.2 Å². The first-order valence-corrected chi connectivity index (χ1v) is 13.5. The molecule has 0 radical (unpaired) electrons. The Morgan fingerprint density at radius 1 is 1.08 bits per heavy atom. The Bertz CT molecular complexity index is 1380. The van der Waals surface area contributed by atoms with Crippen molar-refractivity contribution >= 4 is 33.0 Å². The molecule has 1 heterocycles. The summed E-state index contributed by atoms with van der Waals surface area (Å²) >= 11 is 6.30. The van der Waals surface area contributed by atoms with E-state index in [1.807, 2.05) is 16.9 Å². The van der Waals surface area contributed by atoms with Gasteiger partial charge in [0.15, 0.2) is 27.3 Å². The Kier molecular flexibility index (Phi) is 6.59. The Morgan fingerprint density at radius 2 is 1.75 bits per heavy atom. The normalized spacial score (nSPS) is 23.6. The van der Waals surface area contributed by atoms with E-state index < -0.39 is 38.4 Å². The van der Waals surface area contributed by atoms with Gasteiger partial charge in [0.2, 0.25) is 0 Å². The molecule has 11 heteroatoms. The molecule has 2 atom stereocenters. The van der Waals surface area contributed by atoms with Crippen molar-refractivity contribution < 1.29 is 26.4 Å². The van der Waals surface area contributed by atoms with Crippen LogP contribution in [0.25, 0.3) is 0 Å². The second-order valence-corrected chi connectivity index (χ2v) is 12.0. The molecule has 5 rings (SSSR count). The van der Waals surface area contributed by atoms with Crippen LogP contribution in [-0.4, -0.2) is 29.4 Å². The van der Waals surface area contributed by atoms with Crippen LogP contribution in [0.1, 0.15) is 36.0 Å². The SMILES string of the molecule is O=C(Nc1cc(F)c(F)c(F)c1)c1ccc(Cl)c(S(=O)(=O)C2C3CCC2CC(Cn2cccn2)C3)c1. The Balaban J connectivity index is 1.37. The Labute approximate surface area is 211 Å². The summed E-state index contributed by atoms with van der Waals surface area (Å²) in [7, 11) is -3.87. The molecular formula is C25H23ClF3N3O3S. The number of halogens is 4. The topological polar surface area (TPSA) is 81.1 Å². The van der Waals surface area contributed by atoms with E-state index in [0.29, 0.717) is 18.1 Å². The number of nitrogens with zero attached hydrogens (tertiary/aromatic N) is 2. The number of hydrogen-bond donors (Lipinski definition) is 1. The molecule has 0 aliphatic heterocycles. The average Bonchev–Trinajstić information content (AvgIpc) is 3.43. The van der Waals surface area contributed by atoms with Crippen LogP contribution in [0.2, 0.25) is 5.02 Å². The summed E-state index contributed by atoms with van der Waals surface area (Å²) in [6.07, 6.45) is 6.77. The number of anilines is 1. The van der Waals surface area contributed by atoms with Crippen molar-refractivity contribution in [2.75, 3.05) is 5.32 Å². The summed E-state index contributed by atoms with van der Waals surface area (Å²) in [5, 5.41) is 5.94. The van der Waals surface area contributed by atoms with Gasteiger partial charge in [-0.2, -0.15) is 5.10 Å². The maximum absolute atomic E-state index is 13.8. The molecule has 1 aromatic heterocycles. The van der Waals surface area contributed by atoms with Gasteiger partial charge in [0, 0.05) is 42.3 Å². The van der Waals surface area contributed by atoms with Crippen LogP contribution in [0.4, 0.5) is 18.9 Å². The van der Waals surface area contributed by atoms with Gasteiger partial charge in [-0.25, -0.2) is 21.6 Å². The van der Waals surface area contributed by atoms with Crippen LogP contribution in [0.5, 0.6) is 0 Å². The number of benzene rings is 2. The van der Waals surface area contributed by atoms with Gasteiger partial charge in [-0.1, -0.05) is 11.6 Å². The van der Waals surface area contributed by atoms with Gasteiger partial charge in [-0.3, -0.25) is 9.48 Å². The number of amides is 1. The minimum absolute atomic E-state index is 0.00323. The Hall–Kier alpha value is -2.85. The van der Waals surface area contributed by atoms with Crippen molar-refractivity contribution in [3.05, 3.63) is 76.8 Å². The number of fused-ring (bicyclic) bond motifs is 2. The first-order valence-electron chi connectivity index (χ1n) is 11.6. The number of carbonyl (C=O) groups excluding carboxylic acids is 1. The number of hydrogen-bond acceptors (Lipinski definition) is 4. The molecule has 2 aliphatic rings. The second kappa shape index (κ2) is 9.55. The van der Waals surface area contributed by atoms with Crippen molar-refractivity contribution in [2.24, 2.45) is 17.8 Å². The number of nitrogens with one attached hydrogen (secondary N) is 1. The third-order valence-corrected chi connectivity index (χ3v) is 10.1. The smallest absolute Gasteiger partial charge is 0.255 e. The molecule has 190 valence electrons. The summed E-state index contributed by atoms with van der Waals surface area (Å²) in [6, 6.07) is 6.98. The predicted molar refractivity (Wildman–Crippen MR) is 128 cm³/mol. The molecular weight excluding hydrogens is 515 g/mol. The van der Waals surface area contributed by atoms with Gasteiger partial charge in [-0.15, -0.1) is 0 Å². The average molecular weight is 538 g/mol. The zero-order chi connectivity index (χ0) is 25.6. The van der Waals surface area contributed by atoms with E-state index >= 15 is 0 Å². The Morgan fingerprint density at radius 3 is 2.36 bits per heavy atom. The lowest BCUT2D eigenvalue weighted by Crippen LogP contribution is -2.38. The van der Waals surface area contributed by atoms with E-state index in [2.05, 4.69) is 10.4 Å². The second-order valence-electron chi connectivity index (χ2n) is 9.53. The highest BCUT2D eigenvalue weighted by Gasteiger charge is 2.50. The molecule has 1 N–H and O–H groups in total. The lowest BCUT2D eigenvalue weighted by Gasteiger charge is -2.35. The third-order valence-electron chi connectivity index (χ3n) is 7.21. The molecule has 6 nitrogen and oxygen atoms in total.